The number of carbonyl (C=O) groups is 1. The van der Waals surface area contributed by atoms with Gasteiger partial charge in [0.25, 0.3) is 5.69 Å². The Balaban J connectivity index is 2.17. The fourth-order valence-electron chi connectivity index (χ4n) is 1.90. The van der Waals surface area contributed by atoms with E-state index in [0.717, 1.165) is 0 Å². The highest BCUT2D eigenvalue weighted by molar-refractivity contribution is 5.86. The van der Waals surface area contributed by atoms with Gasteiger partial charge in [0.1, 0.15) is 0 Å². The van der Waals surface area contributed by atoms with E-state index in [1.165, 1.54) is 10.7 Å². The van der Waals surface area contributed by atoms with Crippen molar-refractivity contribution in [3.63, 3.8) is 0 Å². The molecule has 20 heavy (non-hydrogen) atoms. The standard InChI is InChI=1S/C12H12N4O4/c1-8-11(12(17)18)13-14-15(8)7-6-9-4-2-3-5-10(9)16(19)20/h2-5H,6-7H2,1H3,(H,17,18). The molecule has 0 saturated carbocycles. The van der Waals surface area contributed by atoms with Crippen LogP contribution in [0.25, 0.3) is 0 Å². The van der Waals surface area contributed by atoms with E-state index in [9.17, 15) is 14.9 Å². The summed E-state index contributed by atoms with van der Waals surface area (Å²) in [4.78, 5) is 21.3. The average Bonchev–Trinajstić information content (AvgIpc) is 2.78. The molecule has 0 unspecified atom stereocenters. The minimum atomic E-state index is -1.14. The lowest BCUT2D eigenvalue weighted by Gasteiger charge is -2.04. The third-order valence-electron chi connectivity index (χ3n) is 2.97. The Morgan fingerprint density at radius 1 is 1.45 bits per heavy atom. The van der Waals surface area contributed by atoms with Gasteiger partial charge in [-0.2, -0.15) is 0 Å². The second-order valence-corrected chi connectivity index (χ2v) is 4.19. The summed E-state index contributed by atoms with van der Waals surface area (Å²) < 4.78 is 1.43. The molecular formula is C12H12N4O4. The summed E-state index contributed by atoms with van der Waals surface area (Å²) in [7, 11) is 0. The number of hydrogen-bond donors (Lipinski definition) is 1. The first-order valence-corrected chi connectivity index (χ1v) is 5.86. The largest absolute Gasteiger partial charge is 0.476 e. The van der Waals surface area contributed by atoms with Crippen LogP contribution in [-0.4, -0.2) is 31.0 Å². The molecule has 8 nitrogen and oxygen atoms in total. The zero-order valence-electron chi connectivity index (χ0n) is 10.7. The molecule has 0 fully saturated rings. The summed E-state index contributed by atoms with van der Waals surface area (Å²) >= 11 is 0. The van der Waals surface area contributed by atoms with Gasteiger partial charge in [0.05, 0.1) is 10.6 Å². The highest BCUT2D eigenvalue weighted by Gasteiger charge is 2.16. The van der Waals surface area contributed by atoms with Crippen LogP contribution in [-0.2, 0) is 13.0 Å². The van der Waals surface area contributed by atoms with E-state index in [2.05, 4.69) is 10.3 Å². The fourth-order valence-corrected chi connectivity index (χ4v) is 1.90. The van der Waals surface area contributed by atoms with Crippen LogP contribution in [0.2, 0.25) is 0 Å². The Morgan fingerprint density at radius 3 is 2.75 bits per heavy atom. The zero-order valence-corrected chi connectivity index (χ0v) is 10.7. The number of benzene rings is 1. The molecule has 0 bridgehead atoms. The quantitative estimate of drug-likeness (QED) is 0.653. The number of aryl methyl sites for hydroxylation is 2. The first-order chi connectivity index (χ1) is 9.50. The molecule has 8 heteroatoms. The molecule has 104 valence electrons. The number of carboxylic acid groups (broad SMARTS) is 1. The molecule has 0 atom stereocenters. The second kappa shape index (κ2) is 5.47. The molecule has 2 aromatic rings. The molecule has 1 N–H and O–H groups in total. The van der Waals surface area contributed by atoms with Crippen molar-refractivity contribution in [1.29, 1.82) is 0 Å². The van der Waals surface area contributed by atoms with E-state index in [4.69, 9.17) is 5.11 Å². The predicted molar refractivity (Wildman–Crippen MR) is 68.5 cm³/mol. The van der Waals surface area contributed by atoms with Crippen LogP contribution >= 0.6 is 0 Å². The van der Waals surface area contributed by atoms with Crippen LogP contribution < -0.4 is 0 Å². The topological polar surface area (TPSA) is 111 Å². The van der Waals surface area contributed by atoms with Gasteiger partial charge in [-0.05, 0) is 13.3 Å². The van der Waals surface area contributed by atoms with Crippen molar-refractivity contribution in [3.8, 4) is 0 Å². The Bertz CT molecular complexity index is 665. The minimum absolute atomic E-state index is 0.0451. The number of aromatic carboxylic acids is 1. The molecular weight excluding hydrogens is 264 g/mol. The van der Waals surface area contributed by atoms with Crippen LogP contribution in [0, 0.1) is 17.0 Å². The number of para-hydroxylation sites is 1. The summed E-state index contributed by atoms with van der Waals surface area (Å²) in [6, 6.07) is 6.43. The van der Waals surface area contributed by atoms with Crippen LogP contribution in [0.1, 0.15) is 21.7 Å². The second-order valence-electron chi connectivity index (χ2n) is 4.19. The van der Waals surface area contributed by atoms with Crippen molar-refractivity contribution >= 4 is 11.7 Å². The molecule has 0 amide bonds. The maximum atomic E-state index is 10.9. The Labute approximate surface area is 113 Å². The smallest absolute Gasteiger partial charge is 0.358 e. The van der Waals surface area contributed by atoms with Crippen molar-refractivity contribution in [1.82, 2.24) is 15.0 Å². The predicted octanol–water partition coefficient (Wildman–Crippen LogP) is 1.44. The molecule has 1 heterocycles. The van der Waals surface area contributed by atoms with Gasteiger partial charge in [0.15, 0.2) is 5.69 Å². The van der Waals surface area contributed by atoms with Crippen molar-refractivity contribution in [3.05, 3.63) is 51.3 Å². The third kappa shape index (κ3) is 2.63. The van der Waals surface area contributed by atoms with E-state index < -0.39 is 10.9 Å². The lowest BCUT2D eigenvalue weighted by molar-refractivity contribution is -0.385. The van der Waals surface area contributed by atoms with Crippen LogP contribution in [0.3, 0.4) is 0 Å². The number of aromatic nitrogens is 3. The van der Waals surface area contributed by atoms with Crippen LogP contribution in [0.4, 0.5) is 5.69 Å². The minimum Gasteiger partial charge on any atom is -0.476 e. The lowest BCUT2D eigenvalue weighted by Crippen LogP contribution is -2.08. The maximum absolute atomic E-state index is 10.9. The van der Waals surface area contributed by atoms with Crippen LogP contribution in [0.15, 0.2) is 24.3 Å². The van der Waals surface area contributed by atoms with Gasteiger partial charge in [-0.3, -0.25) is 10.1 Å². The highest BCUT2D eigenvalue weighted by Crippen LogP contribution is 2.18. The molecule has 1 aromatic heterocycles. The van der Waals surface area contributed by atoms with E-state index in [0.29, 0.717) is 24.2 Å². The third-order valence-corrected chi connectivity index (χ3v) is 2.97. The Morgan fingerprint density at radius 2 is 2.15 bits per heavy atom. The molecule has 0 aliphatic heterocycles. The zero-order chi connectivity index (χ0) is 14.7. The SMILES string of the molecule is Cc1c(C(=O)O)nnn1CCc1ccccc1[N+](=O)[O-]. The van der Waals surface area contributed by atoms with Gasteiger partial charge >= 0.3 is 5.97 Å². The first kappa shape index (κ1) is 13.7. The molecule has 0 aliphatic rings. The number of nitro groups is 1. The Kier molecular flexibility index (Phi) is 3.74. The maximum Gasteiger partial charge on any atom is 0.358 e. The summed E-state index contributed by atoms with van der Waals surface area (Å²) in [5.41, 5.74) is 0.941. The molecule has 0 radical (unpaired) electrons. The summed E-state index contributed by atoms with van der Waals surface area (Å²) in [5, 5.41) is 27.1. The monoisotopic (exact) mass is 276 g/mol. The van der Waals surface area contributed by atoms with Gasteiger partial charge < -0.3 is 5.11 Å². The summed E-state index contributed by atoms with van der Waals surface area (Å²) in [6.45, 7) is 1.93. The van der Waals surface area contributed by atoms with Crippen molar-refractivity contribution in [2.24, 2.45) is 0 Å². The van der Waals surface area contributed by atoms with Gasteiger partial charge in [0.2, 0.25) is 0 Å². The molecule has 0 spiro atoms. The van der Waals surface area contributed by atoms with E-state index in [1.807, 2.05) is 0 Å². The van der Waals surface area contributed by atoms with Crippen molar-refractivity contribution in [2.45, 2.75) is 19.9 Å². The molecule has 1 aromatic carbocycles. The molecule has 0 saturated heterocycles. The highest BCUT2D eigenvalue weighted by atomic mass is 16.6. The van der Waals surface area contributed by atoms with Crippen molar-refractivity contribution in [2.75, 3.05) is 0 Å². The normalized spacial score (nSPS) is 10.4. The number of rotatable bonds is 5. The number of nitro benzene ring substituents is 1. The average molecular weight is 276 g/mol. The number of carboxylic acids is 1. The fraction of sp³-hybridized carbons (Fsp3) is 0.250. The van der Waals surface area contributed by atoms with Gasteiger partial charge in [-0.25, -0.2) is 9.48 Å². The van der Waals surface area contributed by atoms with E-state index in [1.54, 1.807) is 25.1 Å². The number of hydrogen-bond acceptors (Lipinski definition) is 5. The van der Waals surface area contributed by atoms with Gasteiger partial charge in [-0.1, -0.05) is 23.4 Å². The lowest BCUT2D eigenvalue weighted by atomic mass is 10.1. The first-order valence-electron chi connectivity index (χ1n) is 5.86. The molecule has 0 aliphatic carbocycles. The summed E-state index contributed by atoms with van der Waals surface area (Å²) in [5.74, 6) is -1.14. The Hall–Kier alpha value is -2.77. The van der Waals surface area contributed by atoms with Crippen molar-refractivity contribution < 1.29 is 14.8 Å². The van der Waals surface area contributed by atoms with Gasteiger partial charge in [-0.15, -0.1) is 5.10 Å². The van der Waals surface area contributed by atoms with Crippen LogP contribution in [0.5, 0.6) is 0 Å². The van der Waals surface area contributed by atoms with E-state index in [-0.39, 0.29) is 11.4 Å². The van der Waals surface area contributed by atoms with Gasteiger partial charge in [0, 0.05) is 18.2 Å². The van der Waals surface area contributed by atoms with E-state index >= 15 is 0 Å². The molecule has 2 rings (SSSR count). The number of nitrogens with zero attached hydrogens (tertiary/aromatic N) is 4. The summed E-state index contributed by atoms with van der Waals surface area (Å²) in [6.07, 6.45) is 0.375.